The number of carbonyl (C=O) groups excluding carboxylic acids is 2. The molecule has 3 amide bonds. The third-order valence-electron chi connectivity index (χ3n) is 7.89. The van der Waals surface area contributed by atoms with Gasteiger partial charge in [-0.05, 0) is 80.4 Å². The predicted molar refractivity (Wildman–Crippen MR) is 171 cm³/mol. The lowest BCUT2D eigenvalue weighted by molar-refractivity contribution is -0.137. The number of nitrogens with one attached hydrogen (secondary N) is 2. The molecule has 2 aliphatic carbocycles. The zero-order valence-corrected chi connectivity index (χ0v) is 25.7. The summed E-state index contributed by atoms with van der Waals surface area (Å²) in [5.74, 6) is -1.88. The molecule has 8 N–H and O–H groups in total. The summed E-state index contributed by atoms with van der Waals surface area (Å²) in [4.78, 5) is 39.8. The number of carboxylic acids is 1. The van der Waals surface area contributed by atoms with Gasteiger partial charge in [0.05, 0.1) is 12.0 Å². The van der Waals surface area contributed by atoms with Gasteiger partial charge >= 0.3 is 12.0 Å². The molecular formula is C33H51N5O5. The molecule has 10 heteroatoms. The first kappa shape index (κ1) is 35.5. The van der Waals surface area contributed by atoms with Gasteiger partial charge in [0.2, 0.25) is 5.91 Å². The largest absolute Gasteiger partial charge is 0.479 e. The Morgan fingerprint density at radius 2 is 1.93 bits per heavy atom. The van der Waals surface area contributed by atoms with Gasteiger partial charge < -0.3 is 27.0 Å². The molecule has 238 valence electrons. The van der Waals surface area contributed by atoms with Crippen molar-refractivity contribution in [3.8, 4) is 0 Å². The van der Waals surface area contributed by atoms with Crippen molar-refractivity contribution in [2.75, 3.05) is 0 Å². The van der Waals surface area contributed by atoms with E-state index in [9.17, 15) is 24.6 Å². The number of primary amides is 1. The zero-order chi connectivity index (χ0) is 31.6. The lowest BCUT2D eigenvalue weighted by atomic mass is 9.75. The van der Waals surface area contributed by atoms with Gasteiger partial charge in [0, 0.05) is 6.20 Å². The molecule has 0 aromatic heterocycles. The van der Waals surface area contributed by atoms with E-state index in [-0.39, 0.29) is 5.96 Å². The number of allylic oxidation sites excluding steroid dienone is 7. The maximum Gasteiger partial charge on any atom is 0.332 e. The van der Waals surface area contributed by atoms with Crippen LogP contribution in [0.1, 0.15) is 90.9 Å². The predicted octanol–water partition coefficient (Wildman–Crippen LogP) is 4.98. The Hall–Kier alpha value is -3.66. The average Bonchev–Trinajstić information content (AvgIpc) is 2.97. The maximum absolute atomic E-state index is 12.4. The number of aliphatic hydroxyl groups is 1. The van der Waals surface area contributed by atoms with E-state index in [4.69, 9.17) is 11.5 Å². The van der Waals surface area contributed by atoms with Crippen molar-refractivity contribution in [1.29, 1.82) is 0 Å². The Kier molecular flexibility index (Phi) is 16.1. The fraction of sp³-hybridized carbons (Fsp3) is 0.576. The highest BCUT2D eigenvalue weighted by Gasteiger charge is 2.25. The summed E-state index contributed by atoms with van der Waals surface area (Å²) in [6.07, 6.45) is 25.5. The van der Waals surface area contributed by atoms with Crippen molar-refractivity contribution < 1.29 is 24.6 Å². The summed E-state index contributed by atoms with van der Waals surface area (Å²) < 4.78 is 0. The van der Waals surface area contributed by atoms with Crippen molar-refractivity contribution in [3.05, 3.63) is 59.9 Å². The van der Waals surface area contributed by atoms with Crippen LogP contribution >= 0.6 is 0 Å². The SMILES string of the molecule is CCCCCC(C=CCC1CC=C2C=CCCC2C1)=CC(N=C(N)NC=CC(C(=O)NC(N)=O)C(O)CCCC)C(=O)O. The Balaban J connectivity index is 2.12. The first-order valence-electron chi connectivity index (χ1n) is 15.7. The Morgan fingerprint density at radius 3 is 2.63 bits per heavy atom. The molecule has 5 unspecified atom stereocenters. The smallest absolute Gasteiger partial charge is 0.332 e. The Labute approximate surface area is 256 Å². The van der Waals surface area contributed by atoms with Crippen molar-refractivity contribution in [1.82, 2.24) is 10.6 Å². The number of imide groups is 1. The second-order valence-corrected chi connectivity index (χ2v) is 11.4. The number of carbonyl (C=O) groups is 3. The van der Waals surface area contributed by atoms with Crippen LogP contribution in [-0.4, -0.2) is 46.2 Å². The van der Waals surface area contributed by atoms with Crippen molar-refractivity contribution in [2.45, 2.75) is 103 Å². The van der Waals surface area contributed by atoms with Gasteiger partial charge in [0.1, 0.15) is 0 Å². The monoisotopic (exact) mass is 597 g/mol. The number of unbranched alkanes of at least 4 members (excludes halogenated alkanes) is 3. The zero-order valence-electron chi connectivity index (χ0n) is 25.7. The molecule has 2 aliphatic rings. The third-order valence-corrected chi connectivity index (χ3v) is 7.89. The van der Waals surface area contributed by atoms with Crippen LogP contribution in [0.3, 0.4) is 0 Å². The van der Waals surface area contributed by atoms with Gasteiger partial charge in [-0.25, -0.2) is 14.6 Å². The number of guanidine groups is 1. The summed E-state index contributed by atoms with van der Waals surface area (Å²) in [5, 5.41) is 25.0. The number of rotatable bonds is 17. The van der Waals surface area contributed by atoms with Crippen LogP contribution in [0.25, 0.3) is 0 Å². The molecule has 0 aromatic carbocycles. The van der Waals surface area contributed by atoms with E-state index in [2.05, 4.69) is 41.5 Å². The molecule has 0 aliphatic heterocycles. The standard InChI is InChI=1S/C33H51N5O5/c1-3-5-7-11-23(12-10-13-24-17-18-25-14-8-9-15-26(25)21-24)22-28(31(41)42)37-32(34)36-20-19-27(29(39)16-6-4-2)30(40)38-33(35)43/h8,10,12,14,18-20,22,24,26-29,39H,3-7,9,11,13,15-17,21H2,1-2H3,(H,41,42)(H3,34,36,37)(H3,35,38,40,43). The number of aliphatic hydroxyl groups excluding tert-OH is 1. The highest BCUT2D eigenvalue weighted by atomic mass is 16.4. The fourth-order valence-corrected chi connectivity index (χ4v) is 5.49. The van der Waals surface area contributed by atoms with Crippen LogP contribution in [-0.2, 0) is 9.59 Å². The summed E-state index contributed by atoms with van der Waals surface area (Å²) in [7, 11) is 0. The van der Waals surface area contributed by atoms with E-state index < -0.39 is 36.0 Å². The van der Waals surface area contributed by atoms with E-state index in [1.807, 2.05) is 18.3 Å². The van der Waals surface area contributed by atoms with Crippen LogP contribution in [0.2, 0.25) is 0 Å². The molecule has 0 fully saturated rings. The number of aliphatic imine (C=N–C) groups is 1. The number of nitrogens with two attached hydrogens (primary N) is 2. The molecule has 0 spiro atoms. The fourth-order valence-electron chi connectivity index (χ4n) is 5.49. The second kappa shape index (κ2) is 19.5. The molecular weight excluding hydrogens is 546 g/mol. The number of fused-ring (bicyclic) bond motifs is 1. The van der Waals surface area contributed by atoms with E-state index >= 15 is 0 Å². The number of amides is 3. The highest BCUT2D eigenvalue weighted by molar-refractivity contribution is 5.95. The highest BCUT2D eigenvalue weighted by Crippen LogP contribution is 2.37. The molecule has 43 heavy (non-hydrogen) atoms. The first-order valence-corrected chi connectivity index (χ1v) is 15.7. The maximum atomic E-state index is 12.4. The minimum absolute atomic E-state index is 0.166. The van der Waals surface area contributed by atoms with E-state index in [0.29, 0.717) is 24.7 Å². The van der Waals surface area contributed by atoms with Gasteiger partial charge in [0.25, 0.3) is 0 Å². The van der Waals surface area contributed by atoms with Crippen molar-refractivity contribution in [3.63, 3.8) is 0 Å². The van der Waals surface area contributed by atoms with Gasteiger partial charge in [0.15, 0.2) is 12.0 Å². The van der Waals surface area contributed by atoms with Gasteiger partial charge in [-0.2, -0.15) is 0 Å². The molecule has 0 saturated carbocycles. The average molecular weight is 598 g/mol. The molecule has 2 rings (SSSR count). The lowest BCUT2D eigenvalue weighted by Gasteiger charge is -2.30. The first-order chi connectivity index (χ1) is 20.6. The minimum Gasteiger partial charge on any atom is -0.479 e. The van der Waals surface area contributed by atoms with Crippen LogP contribution in [0.4, 0.5) is 4.79 Å². The number of hydrogen-bond donors (Lipinski definition) is 6. The van der Waals surface area contributed by atoms with Crippen molar-refractivity contribution in [2.24, 2.45) is 34.2 Å². The van der Waals surface area contributed by atoms with Crippen molar-refractivity contribution >= 4 is 23.9 Å². The number of nitrogens with zero attached hydrogens (tertiary/aromatic N) is 1. The minimum atomic E-state index is -1.21. The van der Waals surface area contributed by atoms with E-state index in [0.717, 1.165) is 56.9 Å². The summed E-state index contributed by atoms with van der Waals surface area (Å²) in [6, 6.07) is -2.23. The van der Waals surface area contributed by atoms with Crippen LogP contribution in [0.5, 0.6) is 0 Å². The van der Waals surface area contributed by atoms with Gasteiger partial charge in [-0.3, -0.25) is 10.1 Å². The quantitative estimate of drug-likeness (QED) is 0.0592. The van der Waals surface area contributed by atoms with E-state index in [1.54, 1.807) is 6.08 Å². The molecule has 0 saturated heterocycles. The van der Waals surface area contributed by atoms with Crippen LogP contribution in [0.15, 0.2) is 64.9 Å². The number of urea groups is 1. The lowest BCUT2D eigenvalue weighted by Crippen LogP contribution is -2.42. The van der Waals surface area contributed by atoms with Crippen LogP contribution in [0, 0.1) is 17.8 Å². The Bertz CT molecular complexity index is 1110. The molecule has 0 radical (unpaired) electrons. The normalized spacial score (nSPS) is 21.2. The second-order valence-electron chi connectivity index (χ2n) is 11.4. The Morgan fingerprint density at radius 1 is 1.16 bits per heavy atom. The van der Waals surface area contributed by atoms with Gasteiger partial charge in [-0.15, -0.1) is 0 Å². The molecule has 10 nitrogen and oxygen atoms in total. The number of carboxylic acid groups (broad SMARTS) is 1. The summed E-state index contributed by atoms with van der Waals surface area (Å²) in [5.41, 5.74) is 13.4. The third kappa shape index (κ3) is 13.5. The molecule has 5 atom stereocenters. The molecule has 0 aromatic rings. The summed E-state index contributed by atoms with van der Waals surface area (Å²) >= 11 is 0. The number of hydrogen-bond acceptors (Lipinski definition) is 5. The summed E-state index contributed by atoms with van der Waals surface area (Å²) in [6.45, 7) is 4.08. The van der Waals surface area contributed by atoms with Crippen LogP contribution < -0.4 is 22.1 Å². The topological polar surface area (TPSA) is 180 Å². The van der Waals surface area contributed by atoms with Gasteiger partial charge in [-0.1, -0.05) is 76.0 Å². The number of aliphatic carboxylic acids is 1. The molecule has 0 bridgehead atoms. The molecule has 0 heterocycles. The van der Waals surface area contributed by atoms with E-state index in [1.165, 1.54) is 30.7 Å².